The van der Waals surface area contributed by atoms with Crippen LogP contribution in [0.4, 0.5) is 4.39 Å². The topological polar surface area (TPSA) is 49.3 Å². The minimum atomic E-state index is -0.562. The zero-order valence-electron chi connectivity index (χ0n) is 9.54. The van der Waals surface area contributed by atoms with Gasteiger partial charge in [0.15, 0.2) is 0 Å². The highest BCUT2D eigenvalue weighted by Gasteiger charge is 2.14. The lowest BCUT2D eigenvalue weighted by Gasteiger charge is -2.10. The van der Waals surface area contributed by atoms with Gasteiger partial charge >= 0.3 is 0 Å². The molecular weight excluding hydrogens is 289 g/mol. The zero-order valence-corrected chi connectivity index (χ0v) is 11.1. The Hall–Kier alpha value is -0.940. The Morgan fingerprint density at radius 2 is 2.29 bits per heavy atom. The summed E-state index contributed by atoms with van der Waals surface area (Å²) in [5.74, 6) is -1.04. The van der Waals surface area contributed by atoms with Crippen molar-refractivity contribution in [3.63, 3.8) is 0 Å². The van der Waals surface area contributed by atoms with Gasteiger partial charge in [0.1, 0.15) is 5.82 Å². The van der Waals surface area contributed by atoms with E-state index in [-0.39, 0.29) is 5.56 Å². The monoisotopic (exact) mass is 303 g/mol. The fraction of sp³-hybridized carbons (Fsp3) is 0.417. The van der Waals surface area contributed by atoms with Crippen molar-refractivity contribution >= 4 is 21.8 Å². The zero-order chi connectivity index (χ0) is 12.8. The van der Waals surface area contributed by atoms with Crippen LogP contribution in [0.25, 0.3) is 0 Å². The Balaban J connectivity index is 2.59. The molecule has 94 valence electrons. The smallest absolute Gasteiger partial charge is 0.255 e. The van der Waals surface area contributed by atoms with Gasteiger partial charge in [-0.05, 0) is 40.9 Å². The summed E-state index contributed by atoms with van der Waals surface area (Å²) in [6, 6.07) is 4.37. The molecule has 1 aromatic carbocycles. The number of carbonyl (C=O) groups excluding carboxylic acids is 1. The van der Waals surface area contributed by atoms with Crippen LogP contribution in [0.5, 0.6) is 0 Å². The Bertz CT molecular complexity index is 378. The van der Waals surface area contributed by atoms with Gasteiger partial charge in [0.25, 0.3) is 5.91 Å². The normalized spacial score (nSPS) is 12.2. The predicted octanol–water partition coefficient (Wildman–Crippen LogP) is 2.48. The molecule has 1 rings (SSSR count). The van der Waals surface area contributed by atoms with Crippen molar-refractivity contribution in [2.75, 3.05) is 6.54 Å². The van der Waals surface area contributed by atoms with Gasteiger partial charge in [-0.3, -0.25) is 4.79 Å². The maximum absolute atomic E-state index is 13.4. The molecule has 0 radical (unpaired) electrons. The average Bonchev–Trinajstić information content (AvgIpc) is 2.28. The highest BCUT2D eigenvalue weighted by atomic mass is 79.9. The Kier molecular flexibility index (Phi) is 5.58. The maximum atomic E-state index is 13.4. The number of benzene rings is 1. The molecule has 5 heteroatoms. The van der Waals surface area contributed by atoms with Crippen LogP contribution in [0.3, 0.4) is 0 Å². The van der Waals surface area contributed by atoms with E-state index in [9.17, 15) is 14.3 Å². The molecule has 0 bridgehead atoms. The highest BCUT2D eigenvalue weighted by molar-refractivity contribution is 9.10. The first-order chi connectivity index (χ1) is 8.06. The molecule has 0 heterocycles. The molecule has 2 N–H and O–H groups in total. The molecule has 1 amide bonds. The maximum Gasteiger partial charge on any atom is 0.255 e. The summed E-state index contributed by atoms with van der Waals surface area (Å²) in [5, 5.41) is 11.9. The van der Waals surface area contributed by atoms with E-state index in [0.717, 1.165) is 0 Å². The number of nitrogens with one attached hydrogen (secondary N) is 1. The second kappa shape index (κ2) is 6.71. The number of halogens is 2. The summed E-state index contributed by atoms with van der Waals surface area (Å²) < 4.78 is 13.8. The van der Waals surface area contributed by atoms with Gasteiger partial charge in [-0.25, -0.2) is 4.39 Å². The van der Waals surface area contributed by atoms with Crippen molar-refractivity contribution < 1.29 is 14.3 Å². The lowest BCUT2D eigenvalue weighted by molar-refractivity contribution is 0.0937. The minimum absolute atomic E-state index is 0.00140. The van der Waals surface area contributed by atoms with Crippen LogP contribution >= 0.6 is 15.9 Å². The van der Waals surface area contributed by atoms with Crippen LogP contribution in [0.15, 0.2) is 22.7 Å². The van der Waals surface area contributed by atoms with Crippen LogP contribution in [-0.2, 0) is 0 Å². The Morgan fingerprint density at radius 3 is 2.88 bits per heavy atom. The molecule has 0 saturated heterocycles. The van der Waals surface area contributed by atoms with Crippen LogP contribution in [0.1, 0.15) is 30.1 Å². The van der Waals surface area contributed by atoms with Crippen LogP contribution < -0.4 is 5.32 Å². The number of amides is 1. The van der Waals surface area contributed by atoms with Crippen LogP contribution in [0.2, 0.25) is 0 Å². The summed E-state index contributed by atoms with van der Waals surface area (Å²) in [4.78, 5) is 11.7. The van der Waals surface area contributed by atoms with E-state index in [1.54, 1.807) is 6.07 Å². The first kappa shape index (κ1) is 14.1. The molecule has 1 unspecified atom stereocenters. The van der Waals surface area contributed by atoms with E-state index < -0.39 is 17.8 Å². The molecule has 1 aromatic rings. The molecule has 0 fully saturated rings. The van der Waals surface area contributed by atoms with Crippen LogP contribution in [-0.4, -0.2) is 23.7 Å². The average molecular weight is 304 g/mol. The summed E-state index contributed by atoms with van der Waals surface area (Å²) in [6.45, 7) is 2.19. The molecule has 3 nitrogen and oxygen atoms in total. The second-order valence-electron chi connectivity index (χ2n) is 3.70. The van der Waals surface area contributed by atoms with Crippen LogP contribution in [0, 0.1) is 5.82 Å². The SMILES string of the molecule is CCC(O)CCNC(=O)c1c(F)cccc1Br. The van der Waals surface area contributed by atoms with Crippen molar-refractivity contribution in [3.05, 3.63) is 34.1 Å². The van der Waals surface area contributed by atoms with E-state index in [2.05, 4.69) is 21.2 Å². The third kappa shape index (κ3) is 4.09. The van der Waals surface area contributed by atoms with E-state index in [0.29, 0.717) is 23.9 Å². The van der Waals surface area contributed by atoms with Crippen molar-refractivity contribution in [3.8, 4) is 0 Å². The Morgan fingerprint density at radius 1 is 1.59 bits per heavy atom. The predicted molar refractivity (Wildman–Crippen MR) is 67.3 cm³/mol. The van der Waals surface area contributed by atoms with Crippen molar-refractivity contribution in [1.82, 2.24) is 5.32 Å². The van der Waals surface area contributed by atoms with Crippen molar-refractivity contribution in [2.24, 2.45) is 0 Å². The first-order valence-corrected chi connectivity index (χ1v) is 6.25. The lowest BCUT2D eigenvalue weighted by atomic mass is 10.2. The number of hydrogen-bond donors (Lipinski definition) is 2. The number of aliphatic hydroxyl groups excluding tert-OH is 1. The number of carbonyl (C=O) groups is 1. The van der Waals surface area contributed by atoms with Gasteiger partial charge in [0, 0.05) is 11.0 Å². The van der Waals surface area contributed by atoms with E-state index in [4.69, 9.17) is 0 Å². The number of hydrogen-bond acceptors (Lipinski definition) is 2. The van der Waals surface area contributed by atoms with E-state index >= 15 is 0 Å². The van der Waals surface area contributed by atoms with E-state index in [1.165, 1.54) is 12.1 Å². The van der Waals surface area contributed by atoms with Gasteiger partial charge in [0.05, 0.1) is 11.7 Å². The number of rotatable bonds is 5. The molecule has 17 heavy (non-hydrogen) atoms. The molecule has 0 aliphatic heterocycles. The molecule has 0 spiro atoms. The van der Waals surface area contributed by atoms with Gasteiger partial charge < -0.3 is 10.4 Å². The van der Waals surface area contributed by atoms with Gasteiger partial charge in [-0.2, -0.15) is 0 Å². The summed E-state index contributed by atoms with van der Waals surface area (Å²) in [7, 11) is 0. The Labute approximate surface area is 108 Å². The van der Waals surface area contributed by atoms with Gasteiger partial charge in [-0.15, -0.1) is 0 Å². The van der Waals surface area contributed by atoms with E-state index in [1.807, 2.05) is 6.92 Å². The third-order valence-electron chi connectivity index (χ3n) is 2.42. The van der Waals surface area contributed by atoms with Gasteiger partial charge in [0.2, 0.25) is 0 Å². The standard InChI is InChI=1S/C12H15BrFNO2/c1-2-8(16)6-7-15-12(17)11-9(13)4-3-5-10(11)14/h3-5,8,16H,2,6-7H2,1H3,(H,15,17). The van der Waals surface area contributed by atoms with Crippen molar-refractivity contribution in [1.29, 1.82) is 0 Å². The second-order valence-corrected chi connectivity index (χ2v) is 4.56. The molecule has 0 aromatic heterocycles. The highest BCUT2D eigenvalue weighted by Crippen LogP contribution is 2.19. The molecule has 0 aliphatic carbocycles. The molecular formula is C12H15BrFNO2. The largest absolute Gasteiger partial charge is 0.393 e. The fourth-order valence-corrected chi connectivity index (χ4v) is 1.88. The summed E-state index contributed by atoms with van der Waals surface area (Å²) >= 11 is 3.13. The van der Waals surface area contributed by atoms with Crippen molar-refractivity contribution in [2.45, 2.75) is 25.9 Å². The minimum Gasteiger partial charge on any atom is -0.393 e. The summed E-state index contributed by atoms with van der Waals surface area (Å²) in [6.07, 6.45) is 0.674. The first-order valence-electron chi connectivity index (χ1n) is 5.46. The molecule has 1 atom stereocenters. The lowest BCUT2D eigenvalue weighted by Crippen LogP contribution is -2.28. The third-order valence-corrected chi connectivity index (χ3v) is 3.09. The fourth-order valence-electron chi connectivity index (χ4n) is 1.36. The van der Waals surface area contributed by atoms with Gasteiger partial charge in [-0.1, -0.05) is 13.0 Å². The quantitative estimate of drug-likeness (QED) is 0.878. The number of aliphatic hydroxyl groups is 1. The molecule has 0 saturated carbocycles. The molecule has 0 aliphatic rings. The summed E-state index contributed by atoms with van der Waals surface area (Å²) in [5.41, 5.74) is -0.00140.